The highest BCUT2D eigenvalue weighted by atomic mass is 19.1. The lowest BCUT2D eigenvalue weighted by atomic mass is 10.1. The van der Waals surface area contributed by atoms with E-state index in [9.17, 15) is 13.6 Å². The molecule has 6 heteroatoms. The topological polar surface area (TPSA) is 67.1 Å². The van der Waals surface area contributed by atoms with E-state index in [1.807, 2.05) is 0 Å². The van der Waals surface area contributed by atoms with E-state index in [4.69, 9.17) is 5.84 Å². The lowest BCUT2D eigenvalue weighted by Gasteiger charge is -2.10. The number of nitrogens with one attached hydrogen (secondary N) is 2. The molecule has 4 N–H and O–H groups in total. The Morgan fingerprint density at radius 1 is 1.15 bits per heavy atom. The van der Waals surface area contributed by atoms with E-state index >= 15 is 0 Å². The number of anilines is 2. The van der Waals surface area contributed by atoms with Crippen molar-refractivity contribution in [2.45, 2.75) is 6.92 Å². The van der Waals surface area contributed by atoms with Gasteiger partial charge in [0.05, 0.1) is 0 Å². The van der Waals surface area contributed by atoms with Crippen LogP contribution >= 0.6 is 0 Å². The zero-order valence-corrected chi connectivity index (χ0v) is 10.7. The normalized spacial score (nSPS) is 10.2. The van der Waals surface area contributed by atoms with Gasteiger partial charge >= 0.3 is 0 Å². The molecular weight excluding hydrogens is 264 g/mol. The third-order valence-corrected chi connectivity index (χ3v) is 2.84. The fourth-order valence-corrected chi connectivity index (χ4v) is 1.81. The minimum Gasteiger partial charge on any atom is -0.324 e. The van der Waals surface area contributed by atoms with Crippen molar-refractivity contribution in [3.8, 4) is 0 Å². The molecular formula is C14H13F2N3O. The predicted octanol–water partition coefficient (Wildman–Crippen LogP) is 2.81. The standard InChI is InChI=1S/C14H13F2N3O/c1-8-7-9(19-17)5-6-10(8)14(20)18-13-11(15)3-2-4-12(13)16/h2-7,19H,17H2,1H3,(H,18,20). The second-order valence-corrected chi connectivity index (χ2v) is 4.22. The van der Waals surface area contributed by atoms with Crippen LogP contribution in [0.2, 0.25) is 0 Å². The Morgan fingerprint density at radius 3 is 2.35 bits per heavy atom. The molecule has 0 atom stereocenters. The fraction of sp³-hybridized carbons (Fsp3) is 0.0714. The number of nitrogens with two attached hydrogens (primary N) is 1. The molecule has 4 nitrogen and oxygen atoms in total. The number of hydrogen-bond donors (Lipinski definition) is 3. The minimum atomic E-state index is -0.823. The Labute approximate surface area is 114 Å². The van der Waals surface area contributed by atoms with Crippen LogP contribution in [0.3, 0.4) is 0 Å². The van der Waals surface area contributed by atoms with Crippen LogP contribution in [0.5, 0.6) is 0 Å². The largest absolute Gasteiger partial charge is 0.324 e. The Kier molecular flexibility index (Phi) is 3.95. The molecule has 1 amide bonds. The van der Waals surface area contributed by atoms with Gasteiger partial charge in [-0.05, 0) is 42.8 Å². The molecule has 0 saturated heterocycles. The third kappa shape index (κ3) is 2.75. The van der Waals surface area contributed by atoms with Crippen LogP contribution in [0, 0.1) is 18.6 Å². The molecule has 20 heavy (non-hydrogen) atoms. The summed E-state index contributed by atoms with van der Waals surface area (Å²) in [6.45, 7) is 1.70. The Balaban J connectivity index is 2.29. The molecule has 0 bridgehead atoms. The quantitative estimate of drug-likeness (QED) is 0.597. The number of rotatable bonds is 3. The van der Waals surface area contributed by atoms with Gasteiger partial charge in [-0.15, -0.1) is 0 Å². The van der Waals surface area contributed by atoms with Crippen LogP contribution in [0.4, 0.5) is 20.2 Å². The number of para-hydroxylation sites is 1. The van der Waals surface area contributed by atoms with Crippen molar-refractivity contribution in [2.24, 2.45) is 5.84 Å². The molecule has 2 aromatic rings. The number of carbonyl (C=O) groups excluding carboxylic acids is 1. The predicted molar refractivity (Wildman–Crippen MR) is 73.3 cm³/mol. The number of amides is 1. The maximum Gasteiger partial charge on any atom is 0.256 e. The number of carbonyl (C=O) groups is 1. The summed E-state index contributed by atoms with van der Waals surface area (Å²) < 4.78 is 26.9. The van der Waals surface area contributed by atoms with Crippen LogP contribution < -0.4 is 16.6 Å². The SMILES string of the molecule is Cc1cc(NN)ccc1C(=O)Nc1c(F)cccc1F. The highest BCUT2D eigenvalue weighted by Gasteiger charge is 2.15. The smallest absolute Gasteiger partial charge is 0.256 e. The Morgan fingerprint density at radius 2 is 1.80 bits per heavy atom. The summed E-state index contributed by atoms with van der Waals surface area (Å²) in [4.78, 5) is 12.0. The van der Waals surface area contributed by atoms with Gasteiger partial charge in [0.2, 0.25) is 0 Å². The average molecular weight is 277 g/mol. The zero-order chi connectivity index (χ0) is 14.7. The molecule has 0 heterocycles. The zero-order valence-electron chi connectivity index (χ0n) is 10.7. The van der Waals surface area contributed by atoms with Gasteiger partial charge in [0, 0.05) is 11.3 Å². The molecule has 0 aliphatic rings. The summed E-state index contributed by atoms with van der Waals surface area (Å²) in [5.41, 5.74) is 3.57. The number of nitrogen functional groups attached to an aromatic ring is 1. The van der Waals surface area contributed by atoms with Gasteiger partial charge in [-0.3, -0.25) is 10.6 Å². The third-order valence-electron chi connectivity index (χ3n) is 2.84. The molecule has 0 unspecified atom stereocenters. The molecule has 2 aromatic carbocycles. The highest BCUT2D eigenvalue weighted by Crippen LogP contribution is 2.20. The summed E-state index contributed by atoms with van der Waals surface area (Å²) in [6, 6.07) is 8.16. The van der Waals surface area contributed by atoms with E-state index in [-0.39, 0.29) is 0 Å². The number of hydrogen-bond acceptors (Lipinski definition) is 3. The summed E-state index contributed by atoms with van der Waals surface area (Å²) >= 11 is 0. The van der Waals surface area contributed by atoms with E-state index in [1.165, 1.54) is 12.1 Å². The first-order valence-corrected chi connectivity index (χ1v) is 5.85. The lowest BCUT2D eigenvalue weighted by Crippen LogP contribution is -2.16. The van der Waals surface area contributed by atoms with Gasteiger partial charge in [-0.1, -0.05) is 6.07 Å². The number of hydrazine groups is 1. The number of halogens is 2. The van der Waals surface area contributed by atoms with Gasteiger partial charge in [0.25, 0.3) is 5.91 Å². The monoisotopic (exact) mass is 277 g/mol. The molecule has 0 aliphatic heterocycles. The second-order valence-electron chi connectivity index (χ2n) is 4.22. The lowest BCUT2D eigenvalue weighted by molar-refractivity contribution is 0.102. The van der Waals surface area contributed by atoms with E-state index in [0.29, 0.717) is 16.8 Å². The van der Waals surface area contributed by atoms with Gasteiger partial charge in [-0.2, -0.15) is 0 Å². The maximum atomic E-state index is 13.5. The highest BCUT2D eigenvalue weighted by molar-refractivity contribution is 6.05. The molecule has 0 saturated carbocycles. The Bertz CT molecular complexity index is 639. The molecule has 0 fully saturated rings. The summed E-state index contributed by atoms with van der Waals surface area (Å²) in [7, 11) is 0. The molecule has 0 radical (unpaired) electrons. The first-order chi connectivity index (χ1) is 9.52. The van der Waals surface area contributed by atoms with Gasteiger partial charge < -0.3 is 10.7 Å². The average Bonchev–Trinajstić information content (AvgIpc) is 2.42. The van der Waals surface area contributed by atoms with E-state index in [2.05, 4.69) is 10.7 Å². The fourth-order valence-electron chi connectivity index (χ4n) is 1.81. The van der Waals surface area contributed by atoms with Crippen LogP contribution in [-0.2, 0) is 0 Å². The molecule has 0 aromatic heterocycles. The van der Waals surface area contributed by atoms with Crippen molar-refractivity contribution in [3.63, 3.8) is 0 Å². The molecule has 104 valence electrons. The van der Waals surface area contributed by atoms with Crippen molar-refractivity contribution >= 4 is 17.3 Å². The second kappa shape index (κ2) is 5.66. The van der Waals surface area contributed by atoms with Crippen LogP contribution in [0.15, 0.2) is 36.4 Å². The van der Waals surface area contributed by atoms with Crippen LogP contribution in [-0.4, -0.2) is 5.91 Å². The number of benzene rings is 2. The molecule has 0 aliphatic carbocycles. The maximum absolute atomic E-state index is 13.5. The molecule has 0 spiro atoms. The van der Waals surface area contributed by atoms with Crippen molar-refractivity contribution < 1.29 is 13.6 Å². The van der Waals surface area contributed by atoms with Gasteiger partial charge in [-0.25, -0.2) is 8.78 Å². The Hall–Kier alpha value is -2.47. The summed E-state index contributed by atoms with van der Waals surface area (Å²) in [6.07, 6.45) is 0. The van der Waals surface area contributed by atoms with Crippen molar-refractivity contribution in [3.05, 3.63) is 59.2 Å². The summed E-state index contributed by atoms with van der Waals surface area (Å²) in [5.74, 6) is 3.02. The van der Waals surface area contributed by atoms with E-state index in [1.54, 1.807) is 19.1 Å². The first-order valence-electron chi connectivity index (χ1n) is 5.85. The minimum absolute atomic E-state index is 0.312. The van der Waals surface area contributed by atoms with Gasteiger partial charge in [0.1, 0.15) is 17.3 Å². The van der Waals surface area contributed by atoms with Crippen molar-refractivity contribution in [2.75, 3.05) is 10.7 Å². The first kappa shape index (κ1) is 14.0. The van der Waals surface area contributed by atoms with Crippen molar-refractivity contribution in [1.29, 1.82) is 0 Å². The summed E-state index contributed by atoms with van der Waals surface area (Å²) in [5, 5.41) is 2.23. The van der Waals surface area contributed by atoms with Crippen LogP contribution in [0.25, 0.3) is 0 Å². The van der Waals surface area contributed by atoms with Crippen LogP contribution in [0.1, 0.15) is 15.9 Å². The molecule has 2 rings (SSSR count). The van der Waals surface area contributed by atoms with Crippen molar-refractivity contribution in [1.82, 2.24) is 0 Å². The number of aryl methyl sites for hydroxylation is 1. The van der Waals surface area contributed by atoms with E-state index < -0.39 is 23.2 Å². The van der Waals surface area contributed by atoms with Gasteiger partial charge in [0.15, 0.2) is 0 Å². The van der Waals surface area contributed by atoms with E-state index in [0.717, 1.165) is 12.1 Å².